The molecule has 2 aliphatic carbocycles. The summed E-state index contributed by atoms with van der Waals surface area (Å²) in [4.78, 5) is 22.7. The van der Waals surface area contributed by atoms with Gasteiger partial charge in [-0.05, 0) is 66.6 Å². The van der Waals surface area contributed by atoms with Crippen molar-refractivity contribution in [1.29, 1.82) is 0 Å². The maximum Gasteiger partial charge on any atom is 0.336 e. The number of fused-ring (bicyclic) bond motifs is 3. The largest absolute Gasteiger partial charge is 0.478 e. The van der Waals surface area contributed by atoms with E-state index < -0.39 is 12.1 Å². The van der Waals surface area contributed by atoms with E-state index in [9.17, 15) is 14.7 Å². The van der Waals surface area contributed by atoms with Crippen LogP contribution in [0.1, 0.15) is 59.7 Å². The van der Waals surface area contributed by atoms with Crippen molar-refractivity contribution in [3.8, 4) is 16.9 Å². The van der Waals surface area contributed by atoms with Crippen LogP contribution in [-0.2, 0) is 9.53 Å². The number of hydrogen-bond donors (Lipinski definition) is 2. The van der Waals surface area contributed by atoms with Crippen molar-refractivity contribution in [1.82, 2.24) is 0 Å². The minimum Gasteiger partial charge on any atom is -0.478 e. The van der Waals surface area contributed by atoms with Gasteiger partial charge in [0.25, 0.3) is 0 Å². The van der Waals surface area contributed by atoms with E-state index in [0.29, 0.717) is 21.4 Å². The normalized spacial score (nSPS) is 16.4. The van der Waals surface area contributed by atoms with Gasteiger partial charge >= 0.3 is 11.9 Å². The second-order valence-corrected chi connectivity index (χ2v) is 9.60. The zero-order valence-corrected chi connectivity index (χ0v) is 21.4. The molecule has 6 nitrogen and oxygen atoms in total. The van der Waals surface area contributed by atoms with E-state index >= 15 is 0 Å². The zero-order valence-electron chi connectivity index (χ0n) is 19.9. The Morgan fingerprint density at radius 2 is 1.65 bits per heavy atom. The summed E-state index contributed by atoms with van der Waals surface area (Å²) in [7, 11) is 0. The minimum absolute atomic E-state index is 0.0417. The third kappa shape index (κ3) is 6.52. The van der Waals surface area contributed by atoms with Crippen molar-refractivity contribution >= 4 is 35.1 Å². The average Bonchev–Trinajstić information content (AvgIpc) is 3.18. The highest BCUT2D eigenvalue weighted by atomic mass is 35.5. The van der Waals surface area contributed by atoms with Gasteiger partial charge in [0, 0.05) is 10.6 Å². The van der Waals surface area contributed by atoms with Gasteiger partial charge in [-0.3, -0.25) is 0 Å². The number of aromatic carboxylic acids is 1. The van der Waals surface area contributed by atoms with Gasteiger partial charge in [0.2, 0.25) is 0 Å². The molecule has 0 spiro atoms. The number of esters is 1. The van der Waals surface area contributed by atoms with Crippen molar-refractivity contribution in [3.05, 3.63) is 99.7 Å². The molecule has 2 aliphatic rings. The number of ether oxygens (including phenoxy) is 2. The summed E-state index contributed by atoms with van der Waals surface area (Å²) in [5.74, 6) is -0.950. The van der Waals surface area contributed by atoms with Crippen LogP contribution < -0.4 is 4.74 Å². The first-order valence-corrected chi connectivity index (χ1v) is 12.7. The third-order valence-corrected chi connectivity index (χ3v) is 6.81. The molecule has 1 fully saturated rings. The van der Waals surface area contributed by atoms with Crippen LogP contribution in [-0.4, -0.2) is 28.3 Å². The fourth-order valence-electron chi connectivity index (χ4n) is 4.54. The number of carboxylic acid groups (broad SMARTS) is 1. The van der Waals surface area contributed by atoms with Crippen LogP contribution in [0.3, 0.4) is 0 Å². The molecule has 0 amide bonds. The van der Waals surface area contributed by atoms with Crippen LogP contribution in [0, 0.1) is 0 Å². The summed E-state index contributed by atoms with van der Waals surface area (Å²) in [6.07, 6.45) is 7.11. The van der Waals surface area contributed by atoms with Crippen molar-refractivity contribution in [2.24, 2.45) is 0 Å². The molecule has 37 heavy (non-hydrogen) atoms. The first-order valence-electron chi connectivity index (χ1n) is 12.0. The zero-order chi connectivity index (χ0) is 26.4. The molecule has 3 aromatic carbocycles. The lowest BCUT2D eigenvalue weighted by Crippen LogP contribution is -2.19. The van der Waals surface area contributed by atoms with E-state index in [1.54, 1.807) is 24.3 Å². The van der Waals surface area contributed by atoms with E-state index in [0.717, 1.165) is 42.4 Å². The maximum atomic E-state index is 11.6. The molecule has 2 N–H and O–H groups in total. The Bertz CT molecular complexity index is 1310. The number of hydrogen-bond acceptors (Lipinski definition) is 5. The predicted octanol–water partition coefficient (Wildman–Crippen LogP) is 7.21. The summed E-state index contributed by atoms with van der Waals surface area (Å²) < 4.78 is 10.6. The standard InChI is InChI=1S/C15H16Cl2O3.C14H10O3/c16-11-6-7-14(13(17)10-11)19-9-8-15(18)20-12-4-2-1-3-5-12;15-13-10-5-2-1-4-8(10)9-6-3-7-11(12(9)13)14(16)17/h6-10,12H,1-5H2;1-7,13,15H,(H,16,17). The lowest BCUT2D eigenvalue weighted by molar-refractivity contribution is -0.144. The van der Waals surface area contributed by atoms with Crippen LogP contribution in [0.2, 0.25) is 10.0 Å². The molecular formula is C29H26Cl2O6. The molecule has 0 aromatic heterocycles. The number of benzene rings is 3. The Balaban J connectivity index is 0.000000175. The number of rotatable bonds is 5. The summed E-state index contributed by atoms with van der Waals surface area (Å²) in [5.41, 5.74) is 3.18. The molecular weight excluding hydrogens is 515 g/mol. The lowest BCUT2D eigenvalue weighted by Gasteiger charge is -2.20. The van der Waals surface area contributed by atoms with Gasteiger partial charge in [0.1, 0.15) is 18.0 Å². The van der Waals surface area contributed by atoms with Gasteiger partial charge in [-0.2, -0.15) is 0 Å². The Labute approximate surface area is 225 Å². The molecule has 1 atom stereocenters. The van der Waals surface area contributed by atoms with E-state index in [-0.39, 0.29) is 17.6 Å². The summed E-state index contributed by atoms with van der Waals surface area (Å²) in [6, 6.07) is 17.4. The number of carboxylic acids is 1. The molecule has 1 unspecified atom stereocenters. The summed E-state index contributed by atoms with van der Waals surface area (Å²) >= 11 is 11.7. The van der Waals surface area contributed by atoms with Gasteiger partial charge < -0.3 is 19.7 Å². The molecule has 0 aliphatic heterocycles. The molecule has 0 radical (unpaired) electrons. The van der Waals surface area contributed by atoms with Crippen LogP contribution in [0.4, 0.5) is 0 Å². The molecule has 0 saturated heterocycles. The van der Waals surface area contributed by atoms with Crippen LogP contribution >= 0.6 is 23.2 Å². The highest BCUT2D eigenvalue weighted by Gasteiger charge is 2.30. The Morgan fingerprint density at radius 1 is 0.919 bits per heavy atom. The number of aliphatic hydroxyl groups excluding tert-OH is 1. The molecule has 0 bridgehead atoms. The fourth-order valence-corrected chi connectivity index (χ4v) is 4.99. The predicted molar refractivity (Wildman–Crippen MR) is 142 cm³/mol. The van der Waals surface area contributed by atoms with Gasteiger partial charge in [-0.1, -0.05) is 66.0 Å². The van der Waals surface area contributed by atoms with E-state index in [1.807, 2.05) is 30.3 Å². The van der Waals surface area contributed by atoms with E-state index in [2.05, 4.69) is 0 Å². The Morgan fingerprint density at radius 3 is 2.38 bits per heavy atom. The molecule has 5 rings (SSSR count). The first-order chi connectivity index (χ1) is 17.8. The van der Waals surface area contributed by atoms with Gasteiger partial charge in [-0.15, -0.1) is 0 Å². The topological polar surface area (TPSA) is 93.1 Å². The van der Waals surface area contributed by atoms with Gasteiger partial charge in [-0.25, -0.2) is 9.59 Å². The first kappa shape index (κ1) is 26.7. The van der Waals surface area contributed by atoms with Crippen molar-refractivity contribution in [3.63, 3.8) is 0 Å². The molecule has 1 saturated carbocycles. The van der Waals surface area contributed by atoms with Gasteiger partial charge in [0.05, 0.1) is 22.9 Å². The van der Waals surface area contributed by atoms with Crippen molar-refractivity contribution < 1.29 is 29.3 Å². The van der Waals surface area contributed by atoms with Crippen molar-refractivity contribution in [2.75, 3.05) is 0 Å². The monoisotopic (exact) mass is 540 g/mol. The third-order valence-electron chi connectivity index (χ3n) is 6.28. The van der Waals surface area contributed by atoms with Crippen LogP contribution in [0.25, 0.3) is 11.1 Å². The second-order valence-electron chi connectivity index (χ2n) is 8.75. The van der Waals surface area contributed by atoms with Crippen LogP contribution in [0.5, 0.6) is 5.75 Å². The number of carbonyl (C=O) groups is 2. The minimum atomic E-state index is -1.01. The second kappa shape index (κ2) is 12.3. The summed E-state index contributed by atoms with van der Waals surface area (Å²) in [6.45, 7) is 0. The van der Waals surface area contributed by atoms with E-state index in [4.69, 9.17) is 37.8 Å². The maximum absolute atomic E-state index is 11.6. The fraction of sp³-hybridized carbons (Fsp3) is 0.241. The van der Waals surface area contributed by atoms with Crippen LogP contribution in [0.15, 0.2) is 73.0 Å². The average molecular weight is 541 g/mol. The van der Waals surface area contributed by atoms with Gasteiger partial charge in [0.15, 0.2) is 0 Å². The Hall–Kier alpha value is -3.32. The molecule has 0 heterocycles. The highest BCUT2D eigenvalue weighted by molar-refractivity contribution is 6.35. The van der Waals surface area contributed by atoms with E-state index in [1.165, 1.54) is 24.8 Å². The quantitative estimate of drug-likeness (QED) is 0.202. The molecule has 8 heteroatoms. The van der Waals surface area contributed by atoms with Crippen molar-refractivity contribution in [2.45, 2.75) is 44.3 Å². The lowest BCUT2D eigenvalue weighted by atomic mass is 9.98. The number of carbonyl (C=O) groups excluding carboxylic acids is 1. The number of aliphatic hydroxyl groups is 1. The molecule has 3 aromatic rings. The number of halogens is 2. The smallest absolute Gasteiger partial charge is 0.336 e. The molecule has 192 valence electrons. The SMILES string of the molecule is O=C(C=COc1ccc(Cl)cc1Cl)OC1CCCCC1.O=C(O)c1cccc2c1C(O)c1ccccc1-2. The Kier molecular flexibility index (Phi) is 8.87. The summed E-state index contributed by atoms with van der Waals surface area (Å²) in [5, 5.41) is 20.3. The highest BCUT2D eigenvalue weighted by Crippen LogP contribution is 2.44.